The summed E-state index contributed by atoms with van der Waals surface area (Å²) in [5.41, 5.74) is 0.386. The molecule has 0 atom stereocenters. The number of benzene rings is 2. The number of ketones is 1. The van der Waals surface area contributed by atoms with E-state index >= 15 is 0 Å². The van der Waals surface area contributed by atoms with Gasteiger partial charge in [-0.05, 0) is 42.7 Å². The van der Waals surface area contributed by atoms with Crippen molar-refractivity contribution in [3.8, 4) is 0 Å². The average Bonchev–Trinajstić information content (AvgIpc) is 2.58. The molecule has 0 spiro atoms. The van der Waals surface area contributed by atoms with Gasteiger partial charge in [-0.3, -0.25) is 4.79 Å². The lowest BCUT2D eigenvalue weighted by Gasteiger charge is -2.14. The van der Waals surface area contributed by atoms with Crippen LogP contribution < -0.4 is 5.32 Å². The Labute approximate surface area is 139 Å². The van der Waals surface area contributed by atoms with Gasteiger partial charge in [-0.1, -0.05) is 19.1 Å². The molecule has 0 aromatic heterocycles. The first kappa shape index (κ1) is 17.8. The number of carbonyl (C=O) groups excluding carboxylic acids is 1. The number of Topliss-reactive ketones (excluding diaryl/α,β-unsaturated/α-hetero) is 1. The van der Waals surface area contributed by atoms with E-state index in [2.05, 4.69) is 11.9 Å². The van der Waals surface area contributed by atoms with Crippen LogP contribution >= 0.6 is 0 Å². The summed E-state index contributed by atoms with van der Waals surface area (Å²) in [6.07, 6.45) is 2.74. The molecule has 126 valence electrons. The molecular formula is C19H18F3NO. The Bertz CT molecular complexity index is 771. The summed E-state index contributed by atoms with van der Waals surface area (Å²) in [5, 5.41) is 2.52. The summed E-state index contributed by atoms with van der Waals surface area (Å²) in [6, 6.07) is 6.53. The fourth-order valence-electron chi connectivity index (χ4n) is 2.29. The Hall–Kier alpha value is -2.56. The minimum Gasteiger partial charge on any atom is -0.350 e. The lowest BCUT2D eigenvalue weighted by molar-refractivity contribution is 0.0984. The Kier molecular flexibility index (Phi) is 5.79. The van der Waals surface area contributed by atoms with Crippen molar-refractivity contribution in [2.24, 2.45) is 0 Å². The van der Waals surface area contributed by atoms with E-state index in [-0.39, 0.29) is 29.1 Å². The summed E-state index contributed by atoms with van der Waals surface area (Å²) >= 11 is 0. The Morgan fingerprint density at radius 1 is 1.17 bits per heavy atom. The van der Waals surface area contributed by atoms with Crippen LogP contribution in [0.4, 0.5) is 24.5 Å². The lowest BCUT2D eigenvalue weighted by Crippen LogP contribution is -2.08. The van der Waals surface area contributed by atoms with Gasteiger partial charge in [0, 0.05) is 12.0 Å². The number of carbonyl (C=O) groups is 1. The molecule has 5 heteroatoms. The SMILES string of the molecule is C=CCCC(=O)c1ccc(F)c(F)c1Nc1ccc(CC)cc1F. The molecule has 0 aliphatic rings. The number of aryl methyl sites for hydroxylation is 1. The van der Waals surface area contributed by atoms with E-state index in [1.807, 2.05) is 6.92 Å². The predicted molar refractivity (Wildman–Crippen MR) is 89.2 cm³/mol. The van der Waals surface area contributed by atoms with Crippen LogP contribution in [-0.4, -0.2) is 5.78 Å². The van der Waals surface area contributed by atoms with Gasteiger partial charge >= 0.3 is 0 Å². The van der Waals surface area contributed by atoms with Crippen molar-refractivity contribution in [2.75, 3.05) is 5.32 Å². The van der Waals surface area contributed by atoms with Crippen LogP contribution in [0.1, 0.15) is 35.7 Å². The van der Waals surface area contributed by atoms with Gasteiger partial charge in [0.25, 0.3) is 0 Å². The van der Waals surface area contributed by atoms with Gasteiger partial charge in [0.15, 0.2) is 17.4 Å². The third-order valence-electron chi connectivity index (χ3n) is 3.67. The maximum atomic E-state index is 14.2. The number of hydrogen-bond donors (Lipinski definition) is 1. The van der Waals surface area contributed by atoms with E-state index in [0.29, 0.717) is 12.8 Å². The largest absolute Gasteiger partial charge is 0.350 e. The highest BCUT2D eigenvalue weighted by atomic mass is 19.2. The third kappa shape index (κ3) is 3.85. The number of halogens is 3. The first-order chi connectivity index (χ1) is 11.5. The molecule has 0 unspecified atom stereocenters. The van der Waals surface area contributed by atoms with Gasteiger partial charge in [0.2, 0.25) is 0 Å². The van der Waals surface area contributed by atoms with Crippen molar-refractivity contribution < 1.29 is 18.0 Å². The van der Waals surface area contributed by atoms with Crippen LogP contribution in [0.2, 0.25) is 0 Å². The minimum absolute atomic E-state index is 0.0188. The molecule has 0 aliphatic heterocycles. The van der Waals surface area contributed by atoms with E-state index in [0.717, 1.165) is 11.6 Å². The standard InChI is InChI=1S/C19H18F3NO/c1-3-5-6-17(24)13-8-9-14(20)18(22)19(13)23-16-10-7-12(4-2)11-15(16)21/h3,7-11,23H,1,4-6H2,2H3. The molecule has 2 nitrogen and oxygen atoms in total. The Morgan fingerprint density at radius 2 is 1.92 bits per heavy atom. The van der Waals surface area contributed by atoms with Crippen LogP contribution in [0.3, 0.4) is 0 Å². The van der Waals surface area contributed by atoms with Gasteiger partial charge in [-0.25, -0.2) is 13.2 Å². The topological polar surface area (TPSA) is 29.1 Å². The summed E-state index contributed by atoms with van der Waals surface area (Å²) in [4.78, 5) is 12.2. The maximum absolute atomic E-state index is 14.2. The molecule has 1 N–H and O–H groups in total. The Balaban J connectivity index is 2.43. The second kappa shape index (κ2) is 7.81. The average molecular weight is 333 g/mol. The number of allylic oxidation sites excluding steroid dienone is 1. The van der Waals surface area contributed by atoms with Crippen LogP contribution in [0.5, 0.6) is 0 Å². The summed E-state index contributed by atoms with van der Waals surface area (Å²) < 4.78 is 41.8. The highest BCUT2D eigenvalue weighted by Crippen LogP contribution is 2.29. The van der Waals surface area contributed by atoms with E-state index in [9.17, 15) is 18.0 Å². The first-order valence-electron chi connectivity index (χ1n) is 7.65. The van der Waals surface area contributed by atoms with Gasteiger partial charge in [0.1, 0.15) is 5.82 Å². The van der Waals surface area contributed by atoms with Crippen LogP contribution in [0, 0.1) is 17.5 Å². The van der Waals surface area contributed by atoms with Gasteiger partial charge in [-0.15, -0.1) is 6.58 Å². The maximum Gasteiger partial charge on any atom is 0.182 e. The summed E-state index contributed by atoms with van der Waals surface area (Å²) in [7, 11) is 0. The fraction of sp³-hybridized carbons (Fsp3) is 0.211. The van der Waals surface area contributed by atoms with Crippen LogP contribution in [-0.2, 0) is 6.42 Å². The zero-order valence-corrected chi connectivity index (χ0v) is 13.3. The minimum atomic E-state index is -1.21. The molecule has 0 heterocycles. The number of anilines is 2. The van der Waals surface area contributed by atoms with E-state index < -0.39 is 17.5 Å². The molecule has 0 radical (unpaired) electrons. The Morgan fingerprint density at radius 3 is 2.54 bits per heavy atom. The smallest absolute Gasteiger partial charge is 0.182 e. The quantitative estimate of drug-likeness (QED) is 0.531. The molecule has 0 aliphatic carbocycles. The zero-order chi connectivity index (χ0) is 17.7. The second-order valence-electron chi connectivity index (χ2n) is 5.33. The van der Waals surface area contributed by atoms with Crippen molar-refractivity contribution in [3.05, 3.63) is 71.6 Å². The molecule has 0 saturated heterocycles. The van der Waals surface area contributed by atoms with Crippen molar-refractivity contribution in [1.29, 1.82) is 0 Å². The fourth-order valence-corrected chi connectivity index (χ4v) is 2.29. The normalized spacial score (nSPS) is 10.5. The molecule has 0 amide bonds. The highest BCUT2D eigenvalue weighted by molar-refractivity contribution is 6.02. The first-order valence-corrected chi connectivity index (χ1v) is 7.65. The molecule has 2 aromatic rings. The van der Waals surface area contributed by atoms with E-state index in [1.54, 1.807) is 12.1 Å². The summed E-state index contributed by atoms with van der Waals surface area (Å²) in [6.45, 7) is 5.40. The monoisotopic (exact) mass is 333 g/mol. The van der Waals surface area contributed by atoms with Gasteiger partial charge in [-0.2, -0.15) is 0 Å². The molecule has 0 bridgehead atoms. The van der Waals surface area contributed by atoms with Crippen molar-refractivity contribution in [2.45, 2.75) is 26.2 Å². The van der Waals surface area contributed by atoms with Crippen LogP contribution in [0.15, 0.2) is 43.0 Å². The number of nitrogens with one attached hydrogen (secondary N) is 1. The predicted octanol–water partition coefficient (Wildman–Crippen LogP) is 5.56. The molecule has 24 heavy (non-hydrogen) atoms. The van der Waals surface area contributed by atoms with E-state index in [1.165, 1.54) is 18.2 Å². The molecule has 2 rings (SSSR count). The molecule has 0 saturated carbocycles. The highest BCUT2D eigenvalue weighted by Gasteiger charge is 2.19. The third-order valence-corrected chi connectivity index (χ3v) is 3.67. The number of rotatable bonds is 7. The molecule has 2 aromatic carbocycles. The van der Waals surface area contributed by atoms with Gasteiger partial charge in [0.05, 0.1) is 11.4 Å². The van der Waals surface area contributed by atoms with E-state index in [4.69, 9.17) is 0 Å². The summed E-state index contributed by atoms with van der Waals surface area (Å²) in [5.74, 6) is -3.29. The van der Waals surface area contributed by atoms with Gasteiger partial charge < -0.3 is 5.32 Å². The second-order valence-corrected chi connectivity index (χ2v) is 5.33. The van der Waals surface area contributed by atoms with Crippen LogP contribution in [0.25, 0.3) is 0 Å². The van der Waals surface area contributed by atoms with Crippen molar-refractivity contribution in [1.82, 2.24) is 0 Å². The molecular weight excluding hydrogens is 315 g/mol. The molecule has 0 fully saturated rings. The number of hydrogen-bond acceptors (Lipinski definition) is 2. The lowest BCUT2D eigenvalue weighted by atomic mass is 10.0. The zero-order valence-electron chi connectivity index (χ0n) is 13.3. The van der Waals surface area contributed by atoms with Crippen molar-refractivity contribution in [3.63, 3.8) is 0 Å². The van der Waals surface area contributed by atoms with Crippen molar-refractivity contribution >= 4 is 17.2 Å².